The van der Waals surface area contributed by atoms with Gasteiger partial charge in [-0.05, 0) is 48.6 Å². The van der Waals surface area contributed by atoms with Crippen LogP contribution in [0.3, 0.4) is 0 Å². The predicted octanol–water partition coefficient (Wildman–Crippen LogP) is 5.63. The van der Waals surface area contributed by atoms with Gasteiger partial charge in [0.05, 0.1) is 37.2 Å². The molecule has 36 heavy (non-hydrogen) atoms. The number of ether oxygens (including phenoxy) is 3. The molecule has 1 amide bonds. The first-order valence-corrected chi connectivity index (χ1v) is 13.8. The fraction of sp³-hybridized carbons (Fsp3) is 0.440. The number of thioether (sulfide) groups is 1. The maximum absolute atomic E-state index is 13.4. The van der Waals surface area contributed by atoms with E-state index in [4.69, 9.17) is 30.8 Å². The van der Waals surface area contributed by atoms with E-state index in [9.17, 15) is 4.79 Å². The van der Waals surface area contributed by atoms with Gasteiger partial charge in [0.25, 0.3) is 0 Å². The number of methoxy groups -OCH3 is 2. The van der Waals surface area contributed by atoms with Gasteiger partial charge in [-0.15, -0.1) is 24.2 Å². The van der Waals surface area contributed by atoms with E-state index in [0.717, 1.165) is 60.4 Å². The summed E-state index contributed by atoms with van der Waals surface area (Å²) in [5.41, 5.74) is 0.694. The third kappa shape index (κ3) is 7.40. The minimum absolute atomic E-state index is 0. The van der Waals surface area contributed by atoms with Crippen LogP contribution >= 0.6 is 47.1 Å². The standard InChI is InChI=1S/C25H30ClN3O4S2.ClH/c1-31-18-5-7-19(8-6-18)34-17-3-4-22(30)29(12-11-28-13-15-33-16-14-28)25-27-23-21(32-2)10-9-20(26)24(23)35-25;/h5-10H,3-4,11-17H2,1-2H3;1H. The van der Waals surface area contributed by atoms with Crippen molar-refractivity contribution < 1.29 is 19.0 Å². The van der Waals surface area contributed by atoms with Crippen LogP contribution in [-0.4, -0.2) is 75.2 Å². The van der Waals surface area contributed by atoms with Gasteiger partial charge in [0.1, 0.15) is 17.0 Å². The fourth-order valence-electron chi connectivity index (χ4n) is 3.83. The molecule has 0 bridgehead atoms. The van der Waals surface area contributed by atoms with Crippen molar-refractivity contribution in [2.24, 2.45) is 0 Å². The minimum atomic E-state index is 0. The summed E-state index contributed by atoms with van der Waals surface area (Å²) in [6.07, 6.45) is 1.23. The SMILES string of the molecule is COc1ccc(SCCCC(=O)N(CCN2CCOCC2)c2nc3c(OC)ccc(Cl)c3s2)cc1.Cl. The first kappa shape index (κ1) is 28.8. The Morgan fingerprint density at radius 3 is 2.61 bits per heavy atom. The number of halogens is 2. The summed E-state index contributed by atoms with van der Waals surface area (Å²) in [5, 5.41) is 1.27. The molecule has 2 heterocycles. The van der Waals surface area contributed by atoms with Gasteiger partial charge in [0.2, 0.25) is 5.91 Å². The molecule has 7 nitrogen and oxygen atoms in total. The third-order valence-corrected chi connectivity index (χ3v) is 8.44. The molecular weight excluding hydrogens is 541 g/mol. The number of aromatic nitrogens is 1. The lowest BCUT2D eigenvalue weighted by molar-refractivity contribution is -0.118. The highest BCUT2D eigenvalue weighted by molar-refractivity contribution is 7.99. The van der Waals surface area contributed by atoms with Crippen LogP contribution in [0.1, 0.15) is 12.8 Å². The molecule has 0 N–H and O–H groups in total. The van der Waals surface area contributed by atoms with E-state index >= 15 is 0 Å². The smallest absolute Gasteiger partial charge is 0.228 e. The molecular formula is C25H31Cl2N3O4S2. The molecule has 1 saturated heterocycles. The van der Waals surface area contributed by atoms with Crippen LogP contribution < -0.4 is 14.4 Å². The number of carbonyl (C=O) groups excluding carboxylic acids is 1. The molecule has 4 rings (SSSR count). The quantitative estimate of drug-likeness (QED) is 0.218. The van der Waals surface area contributed by atoms with E-state index in [1.54, 1.807) is 32.0 Å². The number of carbonyl (C=O) groups is 1. The molecule has 0 aliphatic carbocycles. The number of hydrogen-bond donors (Lipinski definition) is 0. The zero-order chi connectivity index (χ0) is 24.6. The number of morpholine rings is 1. The Bertz CT molecular complexity index is 1120. The van der Waals surface area contributed by atoms with Crippen LogP contribution in [0.25, 0.3) is 10.2 Å². The molecule has 1 aromatic heterocycles. The number of hydrogen-bond acceptors (Lipinski definition) is 8. The second-order valence-electron chi connectivity index (χ2n) is 8.05. The lowest BCUT2D eigenvalue weighted by atomic mass is 10.3. The van der Waals surface area contributed by atoms with Crippen molar-refractivity contribution >= 4 is 68.4 Å². The van der Waals surface area contributed by atoms with E-state index in [1.807, 2.05) is 35.2 Å². The normalized spacial score (nSPS) is 13.9. The minimum Gasteiger partial charge on any atom is -0.497 e. The molecule has 2 aromatic carbocycles. The van der Waals surface area contributed by atoms with E-state index in [-0.39, 0.29) is 18.3 Å². The van der Waals surface area contributed by atoms with Crippen molar-refractivity contribution in [1.29, 1.82) is 0 Å². The summed E-state index contributed by atoms with van der Waals surface area (Å²) in [7, 11) is 3.28. The highest BCUT2D eigenvalue weighted by atomic mass is 35.5. The van der Waals surface area contributed by atoms with Crippen LogP contribution in [0, 0.1) is 0 Å². The number of rotatable bonds is 11. The summed E-state index contributed by atoms with van der Waals surface area (Å²) >= 11 is 9.62. The number of benzene rings is 2. The maximum atomic E-state index is 13.4. The monoisotopic (exact) mass is 571 g/mol. The third-order valence-electron chi connectivity index (χ3n) is 5.81. The Hall–Kier alpha value is -1.75. The first-order chi connectivity index (χ1) is 17.1. The van der Waals surface area contributed by atoms with E-state index < -0.39 is 0 Å². The van der Waals surface area contributed by atoms with Gasteiger partial charge in [0.15, 0.2) is 5.13 Å². The van der Waals surface area contributed by atoms with Crippen molar-refractivity contribution in [2.45, 2.75) is 17.7 Å². The molecule has 0 saturated carbocycles. The van der Waals surface area contributed by atoms with E-state index in [1.165, 1.54) is 11.3 Å². The number of thiazole rings is 1. The van der Waals surface area contributed by atoms with Gasteiger partial charge in [-0.1, -0.05) is 22.9 Å². The molecule has 196 valence electrons. The first-order valence-electron chi connectivity index (χ1n) is 11.6. The van der Waals surface area contributed by atoms with Gasteiger partial charge in [-0.3, -0.25) is 14.6 Å². The van der Waals surface area contributed by atoms with Gasteiger partial charge in [0, 0.05) is 37.5 Å². The fourth-order valence-corrected chi connectivity index (χ4v) is 5.99. The molecule has 0 atom stereocenters. The number of fused-ring (bicyclic) bond motifs is 1. The molecule has 0 radical (unpaired) electrons. The number of anilines is 1. The maximum Gasteiger partial charge on any atom is 0.228 e. The molecule has 11 heteroatoms. The average Bonchev–Trinajstić information content (AvgIpc) is 3.34. The summed E-state index contributed by atoms with van der Waals surface area (Å²) in [6, 6.07) is 11.6. The zero-order valence-electron chi connectivity index (χ0n) is 20.4. The second kappa shape index (κ2) is 14.3. The van der Waals surface area contributed by atoms with Crippen molar-refractivity contribution in [1.82, 2.24) is 9.88 Å². The van der Waals surface area contributed by atoms with E-state index in [0.29, 0.717) is 34.4 Å². The van der Waals surface area contributed by atoms with Crippen molar-refractivity contribution in [3.63, 3.8) is 0 Å². The molecule has 1 fully saturated rings. The van der Waals surface area contributed by atoms with Gasteiger partial charge >= 0.3 is 0 Å². The van der Waals surface area contributed by atoms with Crippen molar-refractivity contribution in [3.05, 3.63) is 41.4 Å². The Balaban J connectivity index is 0.00000361. The lowest BCUT2D eigenvalue weighted by Crippen LogP contribution is -2.43. The Morgan fingerprint density at radius 2 is 1.92 bits per heavy atom. The Labute approximate surface area is 231 Å². The second-order valence-corrected chi connectivity index (χ2v) is 10.6. The Kier molecular flexibility index (Phi) is 11.4. The van der Waals surface area contributed by atoms with E-state index in [2.05, 4.69) is 4.90 Å². The Morgan fingerprint density at radius 1 is 1.17 bits per heavy atom. The summed E-state index contributed by atoms with van der Waals surface area (Å²) < 4.78 is 17.0. The van der Waals surface area contributed by atoms with Crippen LogP contribution in [0.15, 0.2) is 41.3 Å². The molecule has 0 spiro atoms. The average molecular weight is 573 g/mol. The highest BCUT2D eigenvalue weighted by Crippen LogP contribution is 2.39. The molecule has 1 aliphatic heterocycles. The lowest BCUT2D eigenvalue weighted by Gasteiger charge is -2.29. The van der Waals surface area contributed by atoms with Crippen LogP contribution in [0.5, 0.6) is 11.5 Å². The number of nitrogens with zero attached hydrogens (tertiary/aromatic N) is 3. The molecule has 0 unspecified atom stereocenters. The predicted molar refractivity (Wildman–Crippen MR) is 151 cm³/mol. The summed E-state index contributed by atoms with van der Waals surface area (Å²) in [5.74, 6) is 2.42. The largest absolute Gasteiger partial charge is 0.497 e. The topological polar surface area (TPSA) is 64.1 Å². The van der Waals surface area contributed by atoms with Gasteiger partial charge in [-0.2, -0.15) is 0 Å². The molecule has 3 aromatic rings. The summed E-state index contributed by atoms with van der Waals surface area (Å²) in [4.78, 5) is 23.5. The summed E-state index contributed by atoms with van der Waals surface area (Å²) in [6.45, 7) is 4.55. The van der Waals surface area contributed by atoms with Crippen molar-refractivity contribution in [2.75, 3.05) is 64.3 Å². The van der Waals surface area contributed by atoms with Crippen LogP contribution in [0.4, 0.5) is 5.13 Å². The van der Waals surface area contributed by atoms with Gasteiger partial charge < -0.3 is 14.2 Å². The number of amides is 1. The molecule has 1 aliphatic rings. The van der Waals surface area contributed by atoms with Crippen LogP contribution in [0.2, 0.25) is 5.02 Å². The van der Waals surface area contributed by atoms with Crippen LogP contribution in [-0.2, 0) is 9.53 Å². The zero-order valence-corrected chi connectivity index (χ0v) is 23.6. The van der Waals surface area contributed by atoms with Gasteiger partial charge in [-0.25, -0.2) is 4.98 Å². The van der Waals surface area contributed by atoms with Crippen molar-refractivity contribution in [3.8, 4) is 11.5 Å². The highest BCUT2D eigenvalue weighted by Gasteiger charge is 2.23.